The molecule has 0 saturated carbocycles. The molecular formula is C22H24BN7O3. The summed E-state index contributed by atoms with van der Waals surface area (Å²) in [5, 5.41) is 22.7. The van der Waals surface area contributed by atoms with E-state index in [9.17, 15) is 14.8 Å². The number of nitrogens with one attached hydrogen (secondary N) is 1. The Morgan fingerprint density at radius 2 is 1.88 bits per heavy atom. The third-order valence-corrected chi connectivity index (χ3v) is 5.21. The number of aryl methyl sites for hydroxylation is 1. The normalized spacial score (nSPS) is 10.9. The van der Waals surface area contributed by atoms with Gasteiger partial charge in [-0.25, -0.2) is 0 Å². The van der Waals surface area contributed by atoms with Crippen molar-refractivity contribution in [1.29, 1.82) is 0 Å². The molecule has 2 heterocycles. The molecule has 0 radical (unpaired) electrons. The lowest BCUT2D eigenvalue weighted by molar-refractivity contribution is 0.100. The Bertz CT molecular complexity index is 1340. The van der Waals surface area contributed by atoms with Crippen LogP contribution in [0.5, 0.6) is 0 Å². The Morgan fingerprint density at radius 3 is 2.58 bits per heavy atom. The first kappa shape index (κ1) is 22.2. The molecule has 4 aromatic rings. The van der Waals surface area contributed by atoms with E-state index < -0.39 is 13.0 Å². The average molecular weight is 445 g/mol. The number of carbonyl (C=O) groups excluding carboxylic acids is 1. The molecule has 10 nitrogen and oxygen atoms in total. The fraction of sp³-hybridized carbons (Fsp3) is 0.182. The van der Waals surface area contributed by atoms with Gasteiger partial charge in [0, 0.05) is 37.3 Å². The highest BCUT2D eigenvalue weighted by Crippen LogP contribution is 2.26. The van der Waals surface area contributed by atoms with E-state index in [4.69, 9.17) is 5.73 Å². The summed E-state index contributed by atoms with van der Waals surface area (Å²) in [6.45, 7) is 2.27. The number of anilines is 2. The molecule has 1 amide bonds. The molecule has 2 aromatic carbocycles. The van der Waals surface area contributed by atoms with Gasteiger partial charge in [0.2, 0.25) is 23.8 Å². The molecule has 168 valence electrons. The maximum atomic E-state index is 11.9. The van der Waals surface area contributed by atoms with Crippen LogP contribution in [0, 0.1) is 6.92 Å². The van der Waals surface area contributed by atoms with Crippen LogP contribution in [-0.2, 0) is 6.54 Å². The number of amides is 1. The molecular weight excluding hydrogens is 421 g/mol. The average Bonchev–Trinajstić information content (AvgIpc) is 3.13. The van der Waals surface area contributed by atoms with Crippen LogP contribution in [0.25, 0.3) is 16.9 Å². The lowest BCUT2D eigenvalue weighted by Crippen LogP contribution is -2.30. The highest BCUT2D eigenvalue weighted by Gasteiger charge is 2.17. The van der Waals surface area contributed by atoms with E-state index in [1.165, 1.54) is 0 Å². The number of aromatic nitrogens is 4. The van der Waals surface area contributed by atoms with Gasteiger partial charge >= 0.3 is 7.12 Å². The van der Waals surface area contributed by atoms with Crippen molar-refractivity contribution in [3.05, 3.63) is 65.4 Å². The second-order valence-corrected chi connectivity index (χ2v) is 7.85. The second-order valence-electron chi connectivity index (χ2n) is 7.85. The minimum absolute atomic E-state index is 0.353. The van der Waals surface area contributed by atoms with Crippen molar-refractivity contribution >= 4 is 41.3 Å². The fourth-order valence-corrected chi connectivity index (χ4v) is 3.62. The van der Waals surface area contributed by atoms with Crippen LogP contribution in [-0.4, -0.2) is 56.7 Å². The molecule has 0 aliphatic rings. The van der Waals surface area contributed by atoms with Gasteiger partial charge in [-0.2, -0.15) is 15.0 Å². The number of primary amides is 1. The first-order chi connectivity index (χ1) is 15.7. The number of hydrogen-bond acceptors (Lipinski definition) is 8. The van der Waals surface area contributed by atoms with Gasteiger partial charge in [0.1, 0.15) is 0 Å². The molecule has 2 aromatic heterocycles. The number of benzene rings is 2. The van der Waals surface area contributed by atoms with Gasteiger partial charge in [0.05, 0.1) is 5.52 Å². The molecule has 0 saturated heterocycles. The van der Waals surface area contributed by atoms with E-state index in [2.05, 4.69) is 20.3 Å². The zero-order valence-electron chi connectivity index (χ0n) is 18.5. The molecule has 11 heteroatoms. The van der Waals surface area contributed by atoms with Crippen molar-refractivity contribution in [3.8, 4) is 5.95 Å². The number of carbonyl (C=O) groups is 1. The van der Waals surface area contributed by atoms with Crippen molar-refractivity contribution in [3.63, 3.8) is 0 Å². The summed E-state index contributed by atoms with van der Waals surface area (Å²) in [6.07, 6.45) is 0. The predicted octanol–water partition coefficient (Wildman–Crippen LogP) is 0.581. The molecule has 0 aliphatic carbocycles. The number of nitrogens with two attached hydrogens (primary N) is 1. The lowest BCUT2D eigenvalue weighted by atomic mass is 9.80. The molecule has 0 unspecified atom stereocenters. The van der Waals surface area contributed by atoms with E-state index in [-0.39, 0.29) is 0 Å². The van der Waals surface area contributed by atoms with Gasteiger partial charge in [-0.3, -0.25) is 9.36 Å². The van der Waals surface area contributed by atoms with Crippen LogP contribution in [0.1, 0.15) is 21.6 Å². The van der Waals surface area contributed by atoms with Crippen LogP contribution in [0.3, 0.4) is 0 Å². The summed E-state index contributed by atoms with van der Waals surface area (Å²) in [4.78, 5) is 27.3. The van der Waals surface area contributed by atoms with Crippen molar-refractivity contribution in [2.24, 2.45) is 5.73 Å². The highest BCUT2D eigenvalue weighted by molar-refractivity contribution is 6.58. The van der Waals surface area contributed by atoms with Crippen LogP contribution >= 0.6 is 0 Å². The molecule has 0 fully saturated rings. The standard InChI is InChI=1S/C22H24BN7O3/c1-13-10-17-16(19(24)31)8-5-9-18(17)30(13)22-27-20(26-21(28-22)29(2)3)25-12-14-6-4-7-15(11-14)23(32)33/h4-11,32-33H,12H2,1-3H3,(H2,24,31)(H,25,26,27,28). The summed E-state index contributed by atoms with van der Waals surface area (Å²) in [5.74, 6) is 0.699. The van der Waals surface area contributed by atoms with Crippen LogP contribution in [0.15, 0.2) is 48.5 Å². The minimum Gasteiger partial charge on any atom is -0.423 e. The van der Waals surface area contributed by atoms with Gasteiger partial charge in [0.25, 0.3) is 0 Å². The lowest BCUT2D eigenvalue weighted by Gasteiger charge is -2.15. The molecule has 0 bridgehead atoms. The SMILES string of the molecule is Cc1cc2c(C(N)=O)cccc2n1-c1nc(NCc2cccc(B(O)O)c2)nc(N(C)C)n1. The smallest absolute Gasteiger partial charge is 0.423 e. The minimum atomic E-state index is -1.54. The summed E-state index contributed by atoms with van der Waals surface area (Å²) < 4.78 is 1.85. The van der Waals surface area contributed by atoms with Crippen LogP contribution in [0.2, 0.25) is 0 Å². The topological polar surface area (TPSA) is 142 Å². The van der Waals surface area contributed by atoms with E-state index in [0.29, 0.717) is 35.4 Å². The first-order valence-corrected chi connectivity index (χ1v) is 10.3. The van der Waals surface area contributed by atoms with E-state index in [0.717, 1.165) is 22.2 Å². The molecule has 0 atom stereocenters. The number of rotatable bonds is 7. The van der Waals surface area contributed by atoms with Crippen LogP contribution < -0.4 is 21.4 Å². The first-order valence-electron chi connectivity index (χ1n) is 10.3. The van der Waals surface area contributed by atoms with E-state index in [1.807, 2.05) is 43.8 Å². The van der Waals surface area contributed by atoms with Crippen molar-refractivity contribution in [2.75, 3.05) is 24.3 Å². The molecule has 0 spiro atoms. The maximum absolute atomic E-state index is 11.9. The van der Waals surface area contributed by atoms with E-state index >= 15 is 0 Å². The predicted molar refractivity (Wildman–Crippen MR) is 128 cm³/mol. The van der Waals surface area contributed by atoms with Crippen molar-refractivity contribution in [1.82, 2.24) is 19.5 Å². The molecule has 0 aliphatic heterocycles. The second kappa shape index (κ2) is 8.89. The zero-order valence-corrected chi connectivity index (χ0v) is 18.5. The Morgan fingerprint density at radius 1 is 1.12 bits per heavy atom. The van der Waals surface area contributed by atoms with Crippen LogP contribution in [0.4, 0.5) is 11.9 Å². The van der Waals surface area contributed by atoms with Gasteiger partial charge < -0.3 is 26.0 Å². The summed E-state index contributed by atoms with van der Waals surface area (Å²) in [6, 6.07) is 14.2. The largest absolute Gasteiger partial charge is 0.488 e. The monoisotopic (exact) mass is 445 g/mol. The molecule has 4 rings (SSSR count). The van der Waals surface area contributed by atoms with Gasteiger partial charge in [0.15, 0.2) is 0 Å². The van der Waals surface area contributed by atoms with Gasteiger partial charge in [-0.1, -0.05) is 30.3 Å². The fourth-order valence-electron chi connectivity index (χ4n) is 3.62. The summed E-state index contributed by atoms with van der Waals surface area (Å²) in [5.41, 5.74) is 8.82. The highest BCUT2D eigenvalue weighted by atomic mass is 16.4. The maximum Gasteiger partial charge on any atom is 0.488 e. The van der Waals surface area contributed by atoms with Crippen molar-refractivity contribution < 1.29 is 14.8 Å². The number of fused-ring (bicyclic) bond motifs is 1. The number of nitrogens with zero attached hydrogens (tertiary/aromatic N) is 5. The van der Waals surface area contributed by atoms with Gasteiger partial charge in [-0.15, -0.1) is 0 Å². The Kier molecular flexibility index (Phi) is 5.99. The molecule has 33 heavy (non-hydrogen) atoms. The third kappa shape index (κ3) is 4.50. The number of hydrogen-bond donors (Lipinski definition) is 4. The quantitative estimate of drug-likeness (QED) is 0.303. The Hall–Kier alpha value is -3.96. The Labute approximate surface area is 190 Å². The summed E-state index contributed by atoms with van der Waals surface area (Å²) in [7, 11) is 2.13. The third-order valence-electron chi connectivity index (χ3n) is 5.21. The molecule has 5 N–H and O–H groups in total. The summed E-state index contributed by atoms with van der Waals surface area (Å²) >= 11 is 0. The van der Waals surface area contributed by atoms with Crippen molar-refractivity contribution in [2.45, 2.75) is 13.5 Å². The Balaban J connectivity index is 1.75. The zero-order chi connectivity index (χ0) is 23.7. The van der Waals surface area contributed by atoms with E-state index in [1.54, 1.807) is 35.2 Å². The van der Waals surface area contributed by atoms with Gasteiger partial charge in [-0.05, 0) is 36.1 Å².